The third kappa shape index (κ3) is 4.32. The average Bonchev–Trinajstić information content (AvgIpc) is 3.46. The van der Waals surface area contributed by atoms with Crippen molar-refractivity contribution in [1.82, 2.24) is 19.9 Å². The van der Waals surface area contributed by atoms with Gasteiger partial charge in [0.15, 0.2) is 0 Å². The van der Waals surface area contributed by atoms with Crippen LogP contribution < -0.4 is 0 Å². The van der Waals surface area contributed by atoms with Crippen LogP contribution in [0.4, 0.5) is 13.2 Å². The lowest BCUT2D eigenvalue weighted by atomic mass is 9.81. The zero-order chi connectivity index (χ0) is 25.1. The largest absolute Gasteiger partial charge is 0.383 e. The predicted molar refractivity (Wildman–Crippen MR) is 135 cm³/mol. The number of nitrogens with one attached hydrogen (secondary N) is 1. The van der Waals surface area contributed by atoms with E-state index in [9.17, 15) is 13.9 Å². The lowest BCUT2D eigenvalue weighted by Gasteiger charge is -2.34. The van der Waals surface area contributed by atoms with Gasteiger partial charge in [0.1, 0.15) is 22.1 Å². The first-order valence-electron chi connectivity index (χ1n) is 12.0. The minimum atomic E-state index is -2.72. The van der Waals surface area contributed by atoms with Gasteiger partial charge in [-0.2, -0.15) is 0 Å². The molecule has 1 saturated heterocycles. The molecule has 0 unspecified atom stereocenters. The fourth-order valence-corrected chi connectivity index (χ4v) is 6.50. The number of aliphatic hydroxyl groups is 1. The second-order valence-corrected chi connectivity index (χ2v) is 11.3. The number of benzene rings is 1. The fraction of sp³-hybridized carbons (Fsp3) is 0.385. The number of pyridine rings is 1. The summed E-state index contributed by atoms with van der Waals surface area (Å²) < 4.78 is 42.5. The fourth-order valence-electron chi connectivity index (χ4n) is 5.05. The molecule has 5 nitrogen and oxygen atoms in total. The maximum Gasteiger partial charge on any atom is 0.260 e. The lowest BCUT2D eigenvalue weighted by Crippen LogP contribution is -2.42. The molecule has 1 saturated carbocycles. The van der Waals surface area contributed by atoms with Crippen LogP contribution in [-0.4, -0.2) is 44.0 Å². The number of H-pyrrole nitrogens is 1. The van der Waals surface area contributed by atoms with E-state index in [1.807, 2.05) is 6.07 Å². The first-order valence-corrected chi connectivity index (χ1v) is 13.2. The molecule has 4 heterocycles. The summed E-state index contributed by atoms with van der Waals surface area (Å²) in [5.74, 6) is -3.16. The highest BCUT2D eigenvalue weighted by atomic mass is 35.5. The molecule has 10 heteroatoms. The maximum absolute atomic E-state index is 15.0. The zero-order valence-corrected chi connectivity index (χ0v) is 20.9. The van der Waals surface area contributed by atoms with Gasteiger partial charge in [-0.15, -0.1) is 11.3 Å². The number of aromatic amines is 1. The summed E-state index contributed by atoms with van der Waals surface area (Å²) in [5.41, 5.74) is 2.18. The van der Waals surface area contributed by atoms with E-state index in [1.165, 1.54) is 17.4 Å². The van der Waals surface area contributed by atoms with Crippen molar-refractivity contribution in [2.24, 2.45) is 0 Å². The molecule has 1 aliphatic carbocycles. The summed E-state index contributed by atoms with van der Waals surface area (Å²) in [6, 6.07) is 6.73. The van der Waals surface area contributed by atoms with Crippen LogP contribution in [-0.2, 0) is 12.1 Å². The first kappa shape index (κ1) is 23.9. The van der Waals surface area contributed by atoms with Crippen molar-refractivity contribution >= 4 is 34.0 Å². The molecule has 36 heavy (non-hydrogen) atoms. The van der Waals surface area contributed by atoms with Crippen LogP contribution in [0.15, 0.2) is 36.7 Å². The Kier molecular flexibility index (Phi) is 5.87. The average molecular weight is 533 g/mol. The molecular formula is C26H24ClF3N4OS. The molecule has 1 aromatic carbocycles. The topological polar surface area (TPSA) is 65.0 Å². The Morgan fingerprint density at radius 2 is 1.94 bits per heavy atom. The van der Waals surface area contributed by atoms with Crippen LogP contribution in [0.1, 0.15) is 42.7 Å². The van der Waals surface area contributed by atoms with Gasteiger partial charge >= 0.3 is 0 Å². The number of piperidine rings is 1. The number of rotatable bonds is 5. The van der Waals surface area contributed by atoms with Gasteiger partial charge in [-0.1, -0.05) is 23.7 Å². The molecule has 2 N–H and O–H groups in total. The summed E-state index contributed by atoms with van der Waals surface area (Å²) in [5, 5.41) is 12.6. The van der Waals surface area contributed by atoms with Gasteiger partial charge in [0.25, 0.3) is 5.92 Å². The van der Waals surface area contributed by atoms with Gasteiger partial charge in [0.05, 0.1) is 16.4 Å². The minimum Gasteiger partial charge on any atom is -0.383 e. The molecule has 188 valence electrons. The van der Waals surface area contributed by atoms with Gasteiger partial charge in [0.2, 0.25) is 0 Å². The summed E-state index contributed by atoms with van der Waals surface area (Å²) in [6.45, 7) is 0.336. The molecular weight excluding hydrogens is 509 g/mol. The molecule has 4 aromatic rings. The van der Waals surface area contributed by atoms with E-state index in [0.29, 0.717) is 58.3 Å². The van der Waals surface area contributed by atoms with Crippen molar-refractivity contribution in [2.75, 3.05) is 13.1 Å². The SMILES string of the molecule is OC1(c2ncc(-c3c(Cl)cnc4[nH]c(-c5ccc(CN6CCCC(F)(F)C6)c(F)c5)cc34)s2)CCC1. The van der Waals surface area contributed by atoms with E-state index in [0.717, 1.165) is 22.2 Å². The molecule has 0 radical (unpaired) electrons. The standard InChI is InChI=1S/C26H24ClF3N4OS/c27-18-11-31-23-17(22(18)21-12-32-24(36-21)25(35)5-1-6-25)10-20(33-23)15-3-4-16(19(28)9-15)13-34-8-2-7-26(29,30)14-34/h3-4,9-12,35H,1-2,5-8,13-14H2,(H,31,33). The number of alkyl halides is 2. The van der Waals surface area contributed by atoms with Crippen molar-refractivity contribution < 1.29 is 18.3 Å². The van der Waals surface area contributed by atoms with Crippen molar-refractivity contribution in [3.8, 4) is 21.7 Å². The Bertz CT molecular complexity index is 1450. The van der Waals surface area contributed by atoms with E-state index in [1.54, 1.807) is 29.4 Å². The molecule has 6 rings (SSSR count). The molecule has 1 aliphatic heterocycles. The van der Waals surface area contributed by atoms with E-state index in [2.05, 4.69) is 15.0 Å². The van der Waals surface area contributed by atoms with Crippen LogP contribution in [0.5, 0.6) is 0 Å². The van der Waals surface area contributed by atoms with Gasteiger partial charge in [0, 0.05) is 53.1 Å². The summed E-state index contributed by atoms with van der Waals surface area (Å²) >= 11 is 7.96. The molecule has 0 bridgehead atoms. The highest BCUT2D eigenvalue weighted by Crippen LogP contribution is 2.46. The molecule has 0 spiro atoms. The second-order valence-electron chi connectivity index (χ2n) is 9.82. The Labute approximate surface area is 215 Å². The van der Waals surface area contributed by atoms with Gasteiger partial charge in [-0.05, 0) is 44.4 Å². The third-order valence-electron chi connectivity index (χ3n) is 7.17. The Morgan fingerprint density at radius 1 is 1.11 bits per heavy atom. The van der Waals surface area contributed by atoms with Crippen molar-refractivity contribution in [3.63, 3.8) is 0 Å². The molecule has 2 aliphatic rings. The monoisotopic (exact) mass is 532 g/mol. The second kappa shape index (κ2) is 8.83. The molecule has 0 amide bonds. The number of likely N-dealkylation sites (tertiary alicyclic amines) is 1. The minimum absolute atomic E-state index is 0.116. The van der Waals surface area contributed by atoms with Crippen LogP contribution >= 0.6 is 22.9 Å². The van der Waals surface area contributed by atoms with Crippen LogP contribution in [0, 0.1) is 5.82 Å². The normalized spacial score (nSPS) is 19.5. The number of thiazole rings is 1. The van der Waals surface area contributed by atoms with Crippen LogP contribution in [0.3, 0.4) is 0 Å². The smallest absolute Gasteiger partial charge is 0.260 e. The van der Waals surface area contributed by atoms with E-state index in [4.69, 9.17) is 11.6 Å². The third-order valence-corrected chi connectivity index (χ3v) is 8.67. The predicted octanol–water partition coefficient (Wildman–Crippen LogP) is 6.75. The summed E-state index contributed by atoms with van der Waals surface area (Å²) in [4.78, 5) is 14.5. The molecule has 0 atom stereocenters. The zero-order valence-electron chi connectivity index (χ0n) is 19.3. The van der Waals surface area contributed by atoms with Crippen molar-refractivity contribution in [1.29, 1.82) is 0 Å². The number of nitrogens with zero attached hydrogens (tertiary/aromatic N) is 3. The highest BCUT2D eigenvalue weighted by molar-refractivity contribution is 7.15. The van der Waals surface area contributed by atoms with E-state index in [-0.39, 0.29) is 19.5 Å². The number of halogens is 4. The lowest BCUT2D eigenvalue weighted by molar-refractivity contribution is -0.0663. The van der Waals surface area contributed by atoms with Gasteiger partial charge in [-0.3, -0.25) is 4.90 Å². The highest BCUT2D eigenvalue weighted by Gasteiger charge is 2.39. The van der Waals surface area contributed by atoms with E-state index < -0.39 is 17.3 Å². The molecule has 2 fully saturated rings. The van der Waals surface area contributed by atoms with Crippen molar-refractivity contribution in [2.45, 2.75) is 50.2 Å². The Morgan fingerprint density at radius 3 is 2.67 bits per heavy atom. The van der Waals surface area contributed by atoms with Crippen molar-refractivity contribution in [3.05, 3.63) is 58.1 Å². The molecule has 3 aromatic heterocycles. The first-order chi connectivity index (χ1) is 17.2. The number of aromatic nitrogens is 3. The number of hydrogen-bond donors (Lipinski definition) is 2. The number of fused-ring (bicyclic) bond motifs is 1. The summed E-state index contributed by atoms with van der Waals surface area (Å²) in [7, 11) is 0. The van der Waals surface area contributed by atoms with E-state index >= 15 is 4.39 Å². The van der Waals surface area contributed by atoms with Crippen LogP contribution in [0.2, 0.25) is 5.02 Å². The quantitative estimate of drug-likeness (QED) is 0.298. The van der Waals surface area contributed by atoms with Gasteiger partial charge in [-0.25, -0.2) is 23.1 Å². The van der Waals surface area contributed by atoms with Gasteiger partial charge < -0.3 is 10.1 Å². The maximum atomic E-state index is 15.0. The Balaban J connectivity index is 1.30. The summed E-state index contributed by atoms with van der Waals surface area (Å²) in [6.07, 6.45) is 5.96. The Hall–Kier alpha value is -2.46. The number of hydrogen-bond acceptors (Lipinski definition) is 5. The van der Waals surface area contributed by atoms with Crippen LogP contribution in [0.25, 0.3) is 32.7 Å².